The summed E-state index contributed by atoms with van der Waals surface area (Å²) in [7, 11) is 6.46. The Hall–Kier alpha value is -3.93. The predicted octanol–water partition coefficient (Wildman–Crippen LogP) is 6.43. The summed E-state index contributed by atoms with van der Waals surface area (Å²) in [6, 6.07) is 12.0. The fraction of sp³-hybridized carbons (Fsp3) is 0.323. The number of benzene rings is 1. The average molecular weight is 613 g/mol. The van der Waals surface area contributed by atoms with Crippen LogP contribution in [-0.4, -0.2) is 43.3 Å². The molecule has 0 fully saturated rings. The minimum absolute atomic E-state index is 0.133. The van der Waals surface area contributed by atoms with E-state index in [1.54, 1.807) is 26.4 Å². The van der Waals surface area contributed by atoms with E-state index >= 15 is 0 Å². The normalized spacial score (nSPS) is 14.5. The lowest BCUT2D eigenvalue weighted by atomic mass is 9.98. The number of hydrogen-bond donors (Lipinski definition) is 3. The molecule has 12 heteroatoms. The third-order valence-electron chi connectivity index (χ3n) is 7.43. The topological polar surface area (TPSA) is 93.2 Å². The van der Waals surface area contributed by atoms with Gasteiger partial charge in [-0.1, -0.05) is 35.9 Å². The molecule has 0 amide bonds. The van der Waals surface area contributed by atoms with E-state index in [2.05, 4.69) is 30.9 Å². The van der Waals surface area contributed by atoms with Crippen LogP contribution < -0.4 is 25.4 Å². The first-order valence-corrected chi connectivity index (χ1v) is 14.1. The highest BCUT2D eigenvalue weighted by Gasteiger charge is 2.37. The van der Waals surface area contributed by atoms with E-state index in [-0.39, 0.29) is 18.2 Å². The maximum absolute atomic E-state index is 14.1. The van der Waals surface area contributed by atoms with Crippen LogP contribution in [0.15, 0.2) is 48.7 Å². The number of rotatable bonds is 10. The number of ether oxygens (including phenoxy) is 2. The molecule has 0 aliphatic heterocycles. The Morgan fingerprint density at radius 2 is 1.65 bits per heavy atom. The van der Waals surface area contributed by atoms with Crippen molar-refractivity contribution >= 4 is 17.4 Å². The Bertz CT molecular complexity index is 1630. The first-order chi connectivity index (χ1) is 20.7. The van der Waals surface area contributed by atoms with Crippen molar-refractivity contribution in [1.29, 1.82) is 0 Å². The third-order valence-corrected chi connectivity index (χ3v) is 7.81. The largest absolute Gasteiger partial charge is 0.481 e. The zero-order chi connectivity index (χ0) is 30.7. The van der Waals surface area contributed by atoms with Gasteiger partial charge in [0.25, 0.3) is 0 Å². The smallest absolute Gasteiger partial charge is 0.419 e. The number of nitrogens with one attached hydrogen (secondary N) is 3. The minimum Gasteiger partial charge on any atom is -0.481 e. The maximum Gasteiger partial charge on any atom is 0.419 e. The van der Waals surface area contributed by atoms with E-state index in [1.165, 1.54) is 7.11 Å². The highest BCUT2D eigenvalue weighted by Crippen LogP contribution is 2.44. The summed E-state index contributed by atoms with van der Waals surface area (Å²) in [6.45, 7) is 0.786. The lowest BCUT2D eigenvalue weighted by Gasteiger charge is -2.21. The van der Waals surface area contributed by atoms with Gasteiger partial charge in [-0.05, 0) is 56.3 Å². The Kier molecular flexibility index (Phi) is 9.05. The molecule has 1 aliphatic rings. The van der Waals surface area contributed by atoms with Gasteiger partial charge in [0.1, 0.15) is 5.82 Å². The number of aromatic nitrogens is 3. The molecule has 226 valence electrons. The van der Waals surface area contributed by atoms with Crippen LogP contribution >= 0.6 is 11.6 Å². The Morgan fingerprint density at radius 3 is 2.35 bits per heavy atom. The second-order valence-electron chi connectivity index (χ2n) is 10.1. The van der Waals surface area contributed by atoms with Gasteiger partial charge in [-0.15, -0.1) is 0 Å². The second kappa shape index (κ2) is 12.7. The van der Waals surface area contributed by atoms with Crippen molar-refractivity contribution in [2.45, 2.75) is 38.1 Å². The molecule has 3 heterocycles. The molecule has 1 aromatic carbocycles. The molecule has 3 aromatic heterocycles. The summed E-state index contributed by atoms with van der Waals surface area (Å²) in [4.78, 5) is 13.5. The molecule has 0 saturated heterocycles. The SMILES string of the molecule is CNCc1ccc(-c2ccnc(-c3cccc4c3CC[C@@H]4Nc3nc(OC)c(CNC)cc3C(F)(F)F)c2Cl)nc1OC. The van der Waals surface area contributed by atoms with Gasteiger partial charge in [0.2, 0.25) is 11.8 Å². The zero-order valence-corrected chi connectivity index (χ0v) is 25.0. The standard InChI is InChI=1S/C31H32ClF3N6O2/c1-36-15-17-8-10-25(40-29(17)42-3)22-12-13-38-27(26(22)32)21-7-5-6-20-19(21)9-11-24(20)39-28-23(31(33,34)35)14-18(16-37-2)30(41-28)43-4/h5-8,10,12-14,24,36-37H,9,11,15-16H2,1-4H3,(H,39,41)/t24-/m0/s1. The van der Waals surface area contributed by atoms with Gasteiger partial charge in [0.15, 0.2) is 0 Å². The summed E-state index contributed by atoms with van der Waals surface area (Å²) in [5.41, 5.74) is 4.95. The van der Waals surface area contributed by atoms with E-state index in [0.29, 0.717) is 52.8 Å². The molecule has 0 unspecified atom stereocenters. The molecule has 5 rings (SSSR count). The summed E-state index contributed by atoms with van der Waals surface area (Å²) >= 11 is 6.96. The van der Waals surface area contributed by atoms with Crippen molar-refractivity contribution in [3.05, 3.63) is 81.5 Å². The van der Waals surface area contributed by atoms with Crippen LogP contribution in [0, 0.1) is 0 Å². The summed E-state index contributed by atoms with van der Waals surface area (Å²) in [5, 5.41) is 9.44. The van der Waals surface area contributed by atoms with Crippen LogP contribution in [0.3, 0.4) is 0 Å². The average Bonchev–Trinajstić information content (AvgIpc) is 3.40. The van der Waals surface area contributed by atoms with Crippen molar-refractivity contribution in [3.63, 3.8) is 0 Å². The molecule has 0 radical (unpaired) electrons. The number of hydrogen-bond acceptors (Lipinski definition) is 8. The molecule has 43 heavy (non-hydrogen) atoms. The molecule has 1 atom stereocenters. The highest BCUT2D eigenvalue weighted by molar-refractivity contribution is 6.35. The molecule has 0 bridgehead atoms. The van der Waals surface area contributed by atoms with Crippen molar-refractivity contribution in [2.75, 3.05) is 33.6 Å². The molecule has 3 N–H and O–H groups in total. The van der Waals surface area contributed by atoms with Crippen LogP contribution in [0.2, 0.25) is 5.02 Å². The molecule has 1 aliphatic carbocycles. The third kappa shape index (κ3) is 6.11. The minimum atomic E-state index is -4.60. The summed E-state index contributed by atoms with van der Waals surface area (Å²) in [6.07, 6.45) is -1.75. The number of anilines is 1. The fourth-order valence-electron chi connectivity index (χ4n) is 5.50. The number of alkyl halides is 3. The van der Waals surface area contributed by atoms with Crippen molar-refractivity contribution in [3.8, 4) is 34.3 Å². The quantitative estimate of drug-likeness (QED) is 0.189. The van der Waals surface area contributed by atoms with Gasteiger partial charge < -0.3 is 25.4 Å². The van der Waals surface area contributed by atoms with Crippen molar-refractivity contribution in [2.24, 2.45) is 0 Å². The molecular formula is C31H32ClF3N6O2. The Morgan fingerprint density at radius 1 is 0.930 bits per heavy atom. The molecule has 0 saturated carbocycles. The van der Waals surface area contributed by atoms with Crippen LogP contribution in [0.5, 0.6) is 11.8 Å². The van der Waals surface area contributed by atoms with Crippen molar-refractivity contribution in [1.82, 2.24) is 25.6 Å². The van der Waals surface area contributed by atoms with E-state index in [4.69, 9.17) is 21.1 Å². The number of nitrogens with zero attached hydrogens (tertiary/aromatic N) is 3. The van der Waals surface area contributed by atoms with Crippen molar-refractivity contribution < 1.29 is 22.6 Å². The van der Waals surface area contributed by atoms with E-state index in [1.807, 2.05) is 37.4 Å². The van der Waals surface area contributed by atoms with E-state index in [0.717, 1.165) is 28.3 Å². The monoisotopic (exact) mass is 612 g/mol. The van der Waals surface area contributed by atoms with E-state index < -0.39 is 17.8 Å². The van der Waals surface area contributed by atoms with Crippen LogP contribution in [-0.2, 0) is 25.7 Å². The zero-order valence-electron chi connectivity index (χ0n) is 24.2. The number of methoxy groups -OCH3 is 2. The number of pyridine rings is 3. The molecule has 0 spiro atoms. The van der Waals surface area contributed by atoms with Gasteiger partial charge in [-0.2, -0.15) is 18.2 Å². The Balaban J connectivity index is 1.51. The molecule has 4 aromatic rings. The van der Waals surface area contributed by atoms with Gasteiger partial charge in [0.05, 0.1) is 42.2 Å². The maximum atomic E-state index is 14.1. The molecule has 8 nitrogen and oxygen atoms in total. The number of halogens is 4. The lowest BCUT2D eigenvalue weighted by Crippen LogP contribution is -2.18. The first-order valence-electron chi connectivity index (χ1n) is 13.7. The predicted molar refractivity (Wildman–Crippen MR) is 160 cm³/mol. The van der Waals surface area contributed by atoms with Crippen LogP contribution in [0.25, 0.3) is 22.5 Å². The first kappa shape index (κ1) is 30.5. The van der Waals surface area contributed by atoms with Gasteiger partial charge in [0, 0.05) is 41.5 Å². The van der Waals surface area contributed by atoms with Gasteiger partial charge in [-0.3, -0.25) is 4.98 Å². The number of fused-ring (bicyclic) bond motifs is 1. The Labute approximate surface area is 253 Å². The van der Waals surface area contributed by atoms with Gasteiger partial charge >= 0.3 is 6.18 Å². The fourth-order valence-corrected chi connectivity index (χ4v) is 5.81. The summed E-state index contributed by atoms with van der Waals surface area (Å²) < 4.78 is 53.1. The van der Waals surface area contributed by atoms with E-state index in [9.17, 15) is 13.2 Å². The summed E-state index contributed by atoms with van der Waals surface area (Å²) in [5.74, 6) is 0.361. The van der Waals surface area contributed by atoms with Gasteiger partial charge in [-0.25, -0.2) is 4.98 Å². The lowest BCUT2D eigenvalue weighted by molar-refractivity contribution is -0.137. The van der Waals surface area contributed by atoms with Crippen LogP contribution in [0.4, 0.5) is 19.0 Å². The second-order valence-corrected chi connectivity index (χ2v) is 10.5. The highest BCUT2D eigenvalue weighted by atomic mass is 35.5. The van der Waals surface area contributed by atoms with Crippen LogP contribution in [0.1, 0.15) is 40.3 Å². The molecular weight excluding hydrogens is 581 g/mol.